The van der Waals surface area contributed by atoms with E-state index in [0.29, 0.717) is 22.3 Å². The topological polar surface area (TPSA) is 81.1 Å². The molecule has 0 saturated carbocycles. The number of phenols is 1. The van der Waals surface area contributed by atoms with E-state index in [1.807, 2.05) is 0 Å². The summed E-state index contributed by atoms with van der Waals surface area (Å²) in [5.74, 6) is 0.0945. The Hall–Kier alpha value is -2.82. The molecule has 3 aromatic rings. The molecule has 0 saturated heterocycles. The highest BCUT2D eigenvalue weighted by Gasteiger charge is 2.06. The van der Waals surface area contributed by atoms with Crippen molar-refractivity contribution in [3.63, 3.8) is 0 Å². The average molecular weight is 253 g/mol. The first-order valence-corrected chi connectivity index (χ1v) is 5.71. The number of rotatable bonds is 1. The number of nitrogens with two attached hydrogens (primary N) is 1. The Morgan fingerprint density at radius 3 is 2.79 bits per heavy atom. The Morgan fingerprint density at radius 1 is 1.16 bits per heavy atom. The van der Waals surface area contributed by atoms with Crippen molar-refractivity contribution in [1.82, 2.24) is 9.55 Å². The molecule has 0 bridgehead atoms. The third-order valence-corrected chi connectivity index (χ3v) is 2.89. The third kappa shape index (κ3) is 1.91. The smallest absolute Gasteiger partial charge is 0.265 e. The lowest BCUT2D eigenvalue weighted by Crippen LogP contribution is -2.18. The lowest BCUT2D eigenvalue weighted by Gasteiger charge is -2.07. The average Bonchev–Trinajstić information content (AvgIpc) is 2.40. The van der Waals surface area contributed by atoms with Gasteiger partial charge >= 0.3 is 0 Å². The maximum atomic E-state index is 12.4. The number of aromatic nitrogens is 2. The lowest BCUT2D eigenvalue weighted by molar-refractivity contribution is 0.475. The van der Waals surface area contributed by atoms with E-state index in [1.165, 1.54) is 17.0 Å². The Labute approximate surface area is 108 Å². The molecule has 0 amide bonds. The van der Waals surface area contributed by atoms with Gasteiger partial charge < -0.3 is 10.8 Å². The fourth-order valence-corrected chi connectivity index (χ4v) is 1.97. The van der Waals surface area contributed by atoms with Crippen LogP contribution in [0.3, 0.4) is 0 Å². The highest BCUT2D eigenvalue weighted by molar-refractivity contribution is 5.81. The Kier molecular flexibility index (Phi) is 2.45. The summed E-state index contributed by atoms with van der Waals surface area (Å²) >= 11 is 0. The molecule has 3 rings (SSSR count). The van der Waals surface area contributed by atoms with E-state index in [2.05, 4.69) is 4.98 Å². The number of hydrogen-bond acceptors (Lipinski definition) is 4. The van der Waals surface area contributed by atoms with E-state index in [0.717, 1.165) is 0 Å². The minimum atomic E-state index is -0.220. The molecule has 94 valence electrons. The van der Waals surface area contributed by atoms with Gasteiger partial charge in [0, 0.05) is 11.8 Å². The zero-order chi connectivity index (χ0) is 13.4. The molecule has 1 heterocycles. The maximum absolute atomic E-state index is 12.4. The number of anilines is 1. The minimum absolute atomic E-state index is 0.0945. The van der Waals surface area contributed by atoms with E-state index >= 15 is 0 Å². The van der Waals surface area contributed by atoms with Crippen LogP contribution in [0.5, 0.6) is 5.75 Å². The maximum Gasteiger partial charge on any atom is 0.265 e. The fraction of sp³-hybridized carbons (Fsp3) is 0. The molecular weight excluding hydrogens is 242 g/mol. The van der Waals surface area contributed by atoms with Gasteiger partial charge in [0.05, 0.1) is 16.6 Å². The monoisotopic (exact) mass is 253 g/mol. The summed E-state index contributed by atoms with van der Waals surface area (Å²) in [6.07, 6.45) is 1.44. The number of phenolic OH excluding ortho intramolecular Hbond substituents is 1. The fourth-order valence-electron chi connectivity index (χ4n) is 1.97. The van der Waals surface area contributed by atoms with Gasteiger partial charge in [-0.1, -0.05) is 6.07 Å². The van der Waals surface area contributed by atoms with E-state index in [1.54, 1.807) is 36.4 Å². The summed E-state index contributed by atoms with van der Waals surface area (Å²) in [5.41, 5.74) is 7.13. The molecule has 2 aromatic carbocycles. The van der Waals surface area contributed by atoms with Gasteiger partial charge in [0.25, 0.3) is 5.56 Å². The minimum Gasteiger partial charge on any atom is -0.508 e. The van der Waals surface area contributed by atoms with Crippen molar-refractivity contribution < 1.29 is 5.11 Å². The molecule has 0 unspecified atom stereocenters. The molecule has 5 nitrogen and oxygen atoms in total. The Balaban J connectivity index is 2.31. The van der Waals surface area contributed by atoms with Crippen LogP contribution in [0, 0.1) is 0 Å². The van der Waals surface area contributed by atoms with Crippen molar-refractivity contribution in [3.05, 3.63) is 59.1 Å². The van der Waals surface area contributed by atoms with Crippen LogP contribution in [0.2, 0.25) is 0 Å². The van der Waals surface area contributed by atoms with Crippen molar-refractivity contribution in [1.29, 1.82) is 0 Å². The van der Waals surface area contributed by atoms with Crippen LogP contribution in [0.25, 0.3) is 16.6 Å². The van der Waals surface area contributed by atoms with Gasteiger partial charge in [-0.3, -0.25) is 9.36 Å². The van der Waals surface area contributed by atoms with Crippen molar-refractivity contribution >= 4 is 16.6 Å². The number of aromatic hydroxyl groups is 1. The van der Waals surface area contributed by atoms with Gasteiger partial charge in [-0.2, -0.15) is 0 Å². The van der Waals surface area contributed by atoms with Crippen LogP contribution >= 0.6 is 0 Å². The summed E-state index contributed by atoms with van der Waals surface area (Å²) in [6, 6.07) is 11.4. The van der Waals surface area contributed by atoms with Gasteiger partial charge in [0.15, 0.2) is 0 Å². The summed E-state index contributed by atoms with van der Waals surface area (Å²) in [4.78, 5) is 16.6. The zero-order valence-corrected chi connectivity index (χ0v) is 9.95. The van der Waals surface area contributed by atoms with Crippen molar-refractivity contribution in [2.24, 2.45) is 0 Å². The predicted molar refractivity (Wildman–Crippen MR) is 73.4 cm³/mol. The molecule has 0 aliphatic carbocycles. The molecule has 5 heteroatoms. The van der Waals surface area contributed by atoms with E-state index in [-0.39, 0.29) is 11.3 Å². The second kappa shape index (κ2) is 4.13. The van der Waals surface area contributed by atoms with Crippen molar-refractivity contribution in [2.45, 2.75) is 0 Å². The van der Waals surface area contributed by atoms with Crippen LogP contribution in [-0.2, 0) is 0 Å². The van der Waals surface area contributed by atoms with Crippen LogP contribution < -0.4 is 11.3 Å². The molecule has 0 spiro atoms. The molecule has 0 aliphatic heterocycles. The number of hydrogen-bond donors (Lipinski definition) is 2. The highest BCUT2D eigenvalue weighted by atomic mass is 16.3. The Bertz CT molecular complexity index is 824. The summed E-state index contributed by atoms with van der Waals surface area (Å²) in [6.45, 7) is 0. The first-order chi connectivity index (χ1) is 9.15. The van der Waals surface area contributed by atoms with Gasteiger partial charge in [-0.25, -0.2) is 4.98 Å². The van der Waals surface area contributed by atoms with Crippen LogP contribution in [0.15, 0.2) is 53.6 Å². The van der Waals surface area contributed by atoms with E-state index in [4.69, 9.17) is 5.73 Å². The molecule has 3 N–H and O–H groups in total. The van der Waals surface area contributed by atoms with Gasteiger partial charge in [-0.15, -0.1) is 0 Å². The highest BCUT2D eigenvalue weighted by Crippen LogP contribution is 2.16. The normalized spacial score (nSPS) is 10.7. The van der Waals surface area contributed by atoms with Crippen LogP contribution in [-0.4, -0.2) is 14.7 Å². The summed E-state index contributed by atoms with van der Waals surface area (Å²) in [5, 5.41) is 9.92. The SMILES string of the molecule is Nc1ccc2ncn(-c3cccc(O)c3)c(=O)c2c1. The number of nitrogen functional groups attached to an aromatic ring is 1. The molecule has 1 aromatic heterocycles. The second-order valence-corrected chi connectivity index (χ2v) is 4.22. The number of benzene rings is 2. The second-order valence-electron chi connectivity index (χ2n) is 4.22. The van der Waals surface area contributed by atoms with E-state index < -0.39 is 0 Å². The molecule has 0 atom stereocenters. The van der Waals surface area contributed by atoms with Gasteiger partial charge in [0.1, 0.15) is 12.1 Å². The number of nitrogens with zero attached hydrogens (tertiary/aromatic N) is 2. The molecule has 0 aliphatic rings. The first kappa shape index (κ1) is 11.3. The largest absolute Gasteiger partial charge is 0.508 e. The first-order valence-electron chi connectivity index (χ1n) is 5.71. The van der Waals surface area contributed by atoms with Gasteiger partial charge in [-0.05, 0) is 30.3 Å². The molecule has 19 heavy (non-hydrogen) atoms. The molecule has 0 radical (unpaired) electrons. The summed E-state index contributed by atoms with van der Waals surface area (Å²) < 4.78 is 1.38. The Morgan fingerprint density at radius 2 is 2.00 bits per heavy atom. The van der Waals surface area contributed by atoms with Crippen LogP contribution in [0.4, 0.5) is 5.69 Å². The third-order valence-electron chi connectivity index (χ3n) is 2.89. The van der Waals surface area contributed by atoms with Crippen molar-refractivity contribution in [3.8, 4) is 11.4 Å². The molecule has 0 fully saturated rings. The number of fused-ring (bicyclic) bond motifs is 1. The quantitative estimate of drug-likeness (QED) is 0.646. The zero-order valence-electron chi connectivity index (χ0n) is 9.95. The summed E-state index contributed by atoms with van der Waals surface area (Å²) in [7, 11) is 0. The lowest BCUT2D eigenvalue weighted by atomic mass is 10.2. The van der Waals surface area contributed by atoms with Crippen molar-refractivity contribution in [2.75, 3.05) is 5.73 Å². The van der Waals surface area contributed by atoms with Crippen LogP contribution in [0.1, 0.15) is 0 Å². The van der Waals surface area contributed by atoms with E-state index in [9.17, 15) is 9.90 Å². The standard InChI is InChI=1S/C14H11N3O2/c15-9-4-5-13-12(6-9)14(19)17(8-16-13)10-2-1-3-11(18)7-10/h1-8,18H,15H2. The molecular formula is C14H11N3O2. The van der Waals surface area contributed by atoms with Gasteiger partial charge in [0.2, 0.25) is 0 Å². The predicted octanol–water partition coefficient (Wildman–Crippen LogP) is 1.67.